The maximum Gasteiger partial charge on any atom is 0.303 e. The van der Waals surface area contributed by atoms with Gasteiger partial charge >= 0.3 is 41.8 Å². The molecular weight excluding hydrogens is 603 g/mol. The van der Waals surface area contributed by atoms with Gasteiger partial charge in [-0.05, 0) is 0 Å². The van der Waals surface area contributed by atoms with E-state index in [1.807, 2.05) is 0 Å². The van der Waals surface area contributed by atoms with Crippen molar-refractivity contribution in [2.45, 2.75) is 116 Å². The zero-order valence-electron chi connectivity index (χ0n) is 24.9. The lowest BCUT2D eigenvalue weighted by Crippen LogP contribution is -2.69. The SMILES string of the molecule is CC(=O)OC[C@H]1O[C@@H](C(O)[C@H]2O[C@H](F)[C@H](OC(C)=O)[C@@H](OC(C)=O)[C@@H]2OC(C)=O)[C@H](OC(C)=O)[C@@H](OC(C)=O)[C@@H]1OC(C)=O. The van der Waals surface area contributed by atoms with Crippen LogP contribution in [0.15, 0.2) is 0 Å². The predicted octanol–water partition coefficient (Wildman–Crippen LogP) is -1.04. The summed E-state index contributed by atoms with van der Waals surface area (Å²) in [5.41, 5.74) is 0. The van der Waals surface area contributed by atoms with Gasteiger partial charge in [0.1, 0.15) is 31.0 Å². The summed E-state index contributed by atoms with van der Waals surface area (Å²) >= 11 is 0. The minimum atomic E-state index is -2.58. The van der Waals surface area contributed by atoms with E-state index in [-0.39, 0.29) is 0 Å². The van der Waals surface area contributed by atoms with Gasteiger partial charge in [0, 0.05) is 48.5 Å². The summed E-state index contributed by atoms with van der Waals surface area (Å²) in [5.74, 6) is -6.71. The Hall–Kier alpha value is -3.90. The lowest BCUT2D eigenvalue weighted by Gasteiger charge is -2.49. The van der Waals surface area contributed by atoms with Crippen molar-refractivity contribution in [2.75, 3.05) is 6.61 Å². The fourth-order valence-electron chi connectivity index (χ4n) is 4.79. The Bertz CT molecular complexity index is 1110. The summed E-state index contributed by atoms with van der Waals surface area (Å²) in [6, 6.07) is 0. The molecule has 0 bridgehead atoms. The normalized spacial score (nSPS) is 32.2. The number of carbonyl (C=O) groups is 7. The lowest BCUT2D eigenvalue weighted by atomic mass is 9.86. The molecule has 2 saturated heterocycles. The minimum Gasteiger partial charge on any atom is -0.463 e. The van der Waals surface area contributed by atoms with Crippen molar-refractivity contribution in [2.24, 2.45) is 0 Å². The largest absolute Gasteiger partial charge is 0.463 e. The second-order valence-electron chi connectivity index (χ2n) is 9.83. The van der Waals surface area contributed by atoms with Crippen LogP contribution in [0.5, 0.6) is 0 Å². The Labute approximate surface area is 250 Å². The fourth-order valence-corrected chi connectivity index (χ4v) is 4.79. The highest BCUT2D eigenvalue weighted by Gasteiger charge is 2.60. The van der Waals surface area contributed by atoms with Gasteiger partial charge in [0.15, 0.2) is 36.6 Å². The van der Waals surface area contributed by atoms with Crippen LogP contribution in [-0.4, -0.2) is 121 Å². The molecule has 17 nitrogen and oxygen atoms in total. The second-order valence-corrected chi connectivity index (χ2v) is 9.83. The quantitative estimate of drug-likeness (QED) is 0.223. The smallest absolute Gasteiger partial charge is 0.303 e. The van der Waals surface area contributed by atoms with Crippen molar-refractivity contribution in [3.8, 4) is 0 Å². The van der Waals surface area contributed by atoms with E-state index in [1.165, 1.54) is 0 Å². The Morgan fingerprint density at radius 1 is 0.545 bits per heavy atom. The van der Waals surface area contributed by atoms with Crippen LogP contribution >= 0.6 is 0 Å². The molecule has 0 spiro atoms. The Morgan fingerprint density at radius 3 is 1.30 bits per heavy atom. The van der Waals surface area contributed by atoms with Crippen molar-refractivity contribution in [1.82, 2.24) is 0 Å². The number of aliphatic hydroxyl groups excluding tert-OH is 1. The third-order valence-corrected chi connectivity index (χ3v) is 6.12. The molecule has 0 aromatic rings. The first-order valence-electron chi connectivity index (χ1n) is 13.2. The number of halogens is 1. The van der Waals surface area contributed by atoms with Crippen LogP contribution in [0, 0.1) is 0 Å². The zero-order valence-corrected chi connectivity index (χ0v) is 24.9. The highest BCUT2D eigenvalue weighted by Crippen LogP contribution is 2.37. The van der Waals surface area contributed by atoms with Gasteiger partial charge in [-0.3, -0.25) is 33.6 Å². The highest BCUT2D eigenvalue weighted by atomic mass is 19.1. The monoisotopic (exact) mass is 638 g/mol. The average Bonchev–Trinajstić information content (AvgIpc) is 2.87. The summed E-state index contributed by atoms with van der Waals surface area (Å²) in [6.45, 7) is 6.14. The van der Waals surface area contributed by atoms with Crippen molar-refractivity contribution in [1.29, 1.82) is 0 Å². The van der Waals surface area contributed by atoms with Crippen LogP contribution in [0.2, 0.25) is 0 Å². The van der Waals surface area contributed by atoms with E-state index in [2.05, 4.69) is 0 Å². The third-order valence-electron chi connectivity index (χ3n) is 6.12. The van der Waals surface area contributed by atoms with Gasteiger partial charge in [0.2, 0.25) is 6.36 Å². The molecule has 0 amide bonds. The first kappa shape index (κ1) is 36.3. The van der Waals surface area contributed by atoms with E-state index in [9.17, 15) is 38.7 Å². The van der Waals surface area contributed by atoms with E-state index in [1.54, 1.807) is 0 Å². The summed E-state index contributed by atoms with van der Waals surface area (Å²) in [6.07, 6.45) is -20.9. The number of esters is 7. The van der Waals surface area contributed by atoms with Crippen LogP contribution in [0.25, 0.3) is 0 Å². The topological polar surface area (TPSA) is 223 Å². The molecule has 18 heteroatoms. The van der Waals surface area contributed by atoms with Crippen molar-refractivity contribution in [3.05, 3.63) is 0 Å². The van der Waals surface area contributed by atoms with E-state index < -0.39 is 116 Å². The molecule has 0 saturated carbocycles. The number of carbonyl (C=O) groups excluding carboxylic acids is 7. The predicted molar refractivity (Wildman–Crippen MR) is 134 cm³/mol. The van der Waals surface area contributed by atoms with Gasteiger partial charge < -0.3 is 47.7 Å². The number of alkyl halides is 1. The van der Waals surface area contributed by atoms with Gasteiger partial charge in [0.05, 0.1) is 0 Å². The molecule has 1 N–H and O–H groups in total. The highest BCUT2D eigenvalue weighted by molar-refractivity contribution is 5.69. The van der Waals surface area contributed by atoms with Crippen LogP contribution in [-0.2, 0) is 76.2 Å². The van der Waals surface area contributed by atoms with Gasteiger partial charge in [-0.25, -0.2) is 4.39 Å². The molecule has 0 radical (unpaired) electrons. The molecule has 11 atom stereocenters. The lowest BCUT2D eigenvalue weighted by molar-refractivity contribution is -0.312. The van der Waals surface area contributed by atoms with Gasteiger partial charge in [-0.1, -0.05) is 0 Å². The maximum atomic E-state index is 15.4. The first-order chi connectivity index (χ1) is 20.4. The van der Waals surface area contributed by atoms with E-state index in [0.717, 1.165) is 48.5 Å². The number of rotatable bonds is 10. The molecule has 0 aromatic carbocycles. The average molecular weight is 639 g/mol. The molecule has 0 aromatic heterocycles. The van der Waals surface area contributed by atoms with E-state index >= 15 is 4.39 Å². The van der Waals surface area contributed by atoms with Gasteiger partial charge in [0.25, 0.3) is 0 Å². The molecule has 1 unspecified atom stereocenters. The number of ether oxygens (including phenoxy) is 9. The summed E-state index contributed by atoms with van der Waals surface area (Å²) < 4.78 is 62.7. The fraction of sp³-hybridized carbons (Fsp3) is 0.731. The van der Waals surface area contributed by atoms with Crippen molar-refractivity contribution >= 4 is 41.8 Å². The summed E-state index contributed by atoms with van der Waals surface area (Å²) in [5, 5.41) is 11.6. The molecule has 248 valence electrons. The number of aliphatic hydroxyl groups is 1. The Balaban J connectivity index is 2.68. The number of hydrogen-bond donors (Lipinski definition) is 1. The van der Waals surface area contributed by atoms with Crippen LogP contribution in [0.1, 0.15) is 48.5 Å². The first-order valence-corrected chi connectivity index (χ1v) is 13.2. The molecule has 44 heavy (non-hydrogen) atoms. The molecular formula is C26H35FO17. The van der Waals surface area contributed by atoms with Crippen LogP contribution < -0.4 is 0 Å². The Morgan fingerprint density at radius 2 is 0.886 bits per heavy atom. The molecule has 0 aliphatic carbocycles. The van der Waals surface area contributed by atoms with E-state index in [0.29, 0.717) is 0 Å². The van der Waals surface area contributed by atoms with Crippen LogP contribution in [0.4, 0.5) is 4.39 Å². The maximum absolute atomic E-state index is 15.4. The molecule has 2 aliphatic heterocycles. The van der Waals surface area contributed by atoms with Crippen molar-refractivity contribution < 1.29 is 85.7 Å². The standard InChI is InChI=1S/C26H35FO17/c1-9(28)36-8-16-18(37-10(2)29)21(38-11(3)30)22(39-12(4)31)19(43-16)17(35)20-23(40-13(5)32)24(41-14(6)33)25(26(27)44-20)42-15(7)34/h16-26,35H,8H2,1-7H3/t16-,17?,18-,19+,20-,21+,22+,23-,24+,25-,26+/m1/s1. The summed E-state index contributed by atoms with van der Waals surface area (Å²) in [7, 11) is 0. The van der Waals surface area contributed by atoms with Gasteiger partial charge in [-0.2, -0.15) is 0 Å². The number of hydrogen-bond acceptors (Lipinski definition) is 17. The van der Waals surface area contributed by atoms with Crippen molar-refractivity contribution in [3.63, 3.8) is 0 Å². The molecule has 2 heterocycles. The molecule has 2 fully saturated rings. The minimum absolute atomic E-state index is 0.643. The van der Waals surface area contributed by atoms with Crippen LogP contribution in [0.3, 0.4) is 0 Å². The zero-order chi connectivity index (χ0) is 33.5. The summed E-state index contributed by atoms with van der Waals surface area (Å²) in [4.78, 5) is 83.5. The van der Waals surface area contributed by atoms with Gasteiger partial charge in [-0.15, -0.1) is 0 Å². The molecule has 2 rings (SSSR count). The second kappa shape index (κ2) is 15.7. The Kier molecular flexibility index (Phi) is 13.0. The van der Waals surface area contributed by atoms with E-state index in [4.69, 9.17) is 42.6 Å². The molecule has 2 aliphatic rings. The third kappa shape index (κ3) is 9.81.